The van der Waals surface area contributed by atoms with Crippen LogP contribution in [-0.4, -0.2) is 59.2 Å². The van der Waals surface area contributed by atoms with Gasteiger partial charge in [-0.25, -0.2) is 0 Å². The molecule has 1 saturated heterocycles. The predicted octanol–water partition coefficient (Wildman–Crippen LogP) is 1.55. The third-order valence-electron chi connectivity index (χ3n) is 5.11. The first kappa shape index (κ1) is 22.1. The molecule has 0 spiro atoms. The highest BCUT2D eigenvalue weighted by Crippen LogP contribution is 2.35. The Hall–Kier alpha value is -3.55. The smallest absolute Gasteiger partial charge is 0.357 e. The summed E-state index contributed by atoms with van der Waals surface area (Å²) in [6.45, 7) is 2.21. The van der Waals surface area contributed by atoms with E-state index in [1.165, 1.54) is 27.6 Å². The van der Waals surface area contributed by atoms with Crippen molar-refractivity contribution in [2.24, 2.45) is 0 Å². The van der Waals surface area contributed by atoms with Crippen LogP contribution in [-0.2, 0) is 22.3 Å². The Morgan fingerprint density at radius 2 is 2.03 bits per heavy atom. The van der Waals surface area contributed by atoms with Gasteiger partial charge < -0.3 is 15.1 Å². The molecule has 2 amide bonds. The average Bonchev–Trinajstić information content (AvgIpc) is 3.16. The molecule has 8 nitrogen and oxygen atoms in total. The lowest BCUT2D eigenvalue weighted by Crippen LogP contribution is -2.60. The summed E-state index contributed by atoms with van der Waals surface area (Å²) in [6.07, 6.45) is -3.03. The Morgan fingerprint density at radius 1 is 1.29 bits per heavy atom. The molecular weight excluding hydrogens is 413 g/mol. The van der Waals surface area contributed by atoms with E-state index >= 15 is 0 Å². The predicted molar refractivity (Wildman–Crippen MR) is 105 cm³/mol. The van der Waals surface area contributed by atoms with Crippen LogP contribution >= 0.6 is 0 Å². The number of nitrogens with zero attached hydrogens (tertiary/aromatic N) is 5. The van der Waals surface area contributed by atoms with E-state index in [1.807, 2.05) is 0 Å². The van der Waals surface area contributed by atoms with Gasteiger partial charge >= 0.3 is 6.18 Å². The minimum Gasteiger partial charge on any atom is -0.357 e. The lowest BCUT2D eigenvalue weighted by molar-refractivity contribution is -0.137. The standard InChI is InChI=1S/C20H21F3N6O2/c1-13-5-6-28(26-13)12-18(30)27-7-8-29(17(11-27)19(31)25-2)15-4-3-14(10-24)16(9-15)20(21,22)23/h3-6,9,17H,7-8,11-12H2,1-2H3,(H,25,31). The number of likely N-dealkylation sites (N-methyl/N-ethyl adjacent to an activating group) is 1. The van der Waals surface area contributed by atoms with Crippen LogP contribution < -0.4 is 10.2 Å². The summed E-state index contributed by atoms with van der Waals surface area (Å²) >= 11 is 0. The topological polar surface area (TPSA) is 94.3 Å². The number of halogens is 3. The first-order valence-corrected chi connectivity index (χ1v) is 9.51. The highest BCUT2D eigenvalue weighted by Gasteiger charge is 2.37. The molecule has 0 radical (unpaired) electrons. The van der Waals surface area contributed by atoms with Gasteiger partial charge in [0.25, 0.3) is 0 Å². The Bertz CT molecular complexity index is 1030. The number of rotatable bonds is 4. The molecule has 1 unspecified atom stereocenters. The molecule has 164 valence electrons. The molecule has 1 fully saturated rings. The molecular formula is C20H21F3N6O2. The highest BCUT2D eigenvalue weighted by atomic mass is 19.4. The Kier molecular flexibility index (Phi) is 6.19. The fourth-order valence-electron chi connectivity index (χ4n) is 3.54. The second kappa shape index (κ2) is 8.67. The van der Waals surface area contributed by atoms with Gasteiger partial charge in [-0.3, -0.25) is 14.3 Å². The molecule has 0 bridgehead atoms. The molecule has 1 aromatic carbocycles. The van der Waals surface area contributed by atoms with Crippen molar-refractivity contribution in [2.45, 2.75) is 25.7 Å². The van der Waals surface area contributed by atoms with Gasteiger partial charge in [-0.05, 0) is 31.2 Å². The van der Waals surface area contributed by atoms with Gasteiger partial charge in [0.2, 0.25) is 11.8 Å². The minimum atomic E-state index is -4.71. The lowest BCUT2D eigenvalue weighted by Gasteiger charge is -2.42. The number of amides is 2. The number of nitriles is 1. The Morgan fingerprint density at radius 3 is 2.61 bits per heavy atom. The third kappa shape index (κ3) is 4.79. The quantitative estimate of drug-likeness (QED) is 0.788. The molecule has 1 aromatic heterocycles. The number of anilines is 1. The zero-order chi connectivity index (χ0) is 22.8. The summed E-state index contributed by atoms with van der Waals surface area (Å²) in [5, 5.41) is 15.7. The molecule has 1 aliphatic rings. The van der Waals surface area contributed by atoms with Crippen LogP contribution in [0.3, 0.4) is 0 Å². The second-order valence-electron chi connectivity index (χ2n) is 7.16. The van der Waals surface area contributed by atoms with Crippen LogP contribution in [0.5, 0.6) is 0 Å². The normalized spacial score (nSPS) is 16.7. The van der Waals surface area contributed by atoms with E-state index in [1.54, 1.807) is 25.3 Å². The number of aromatic nitrogens is 2. The molecule has 2 heterocycles. The minimum absolute atomic E-state index is 0.00337. The first-order chi connectivity index (χ1) is 14.6. The van der Waals surface area contributed by atoms with Crippen molar-refractivity contribution in [3.8, 4) is 6.07 Å². The van der Waals surface area contributed by atoms with Crippen LogP contribution in [0, 0.1) is 18.3 Å². The van der Waals surface area contributed by atoms with Gasteiger partial charge in [0.1, 0.15) is 12.6 Å². The van der Waals surface area contributed by atoms with Gasteiger partial charge in [-0.15, -0.1) is 0 Å². The largest absolute Gasteiger partial charge is 0.417 e. The molecule has 11 heteroatoms. The second-order valence-corrected chi connectivity index (χ2v) is 7.16. The lowest BCUT2D eigenvalue weighted by atomic mass is 10.0. The number of carbonyl (C=O) groups excluding carboxylic acids is 2. The number of alkyl halides is 3. The van der Waals surface area contributed by atoms with E-state index < -0.39 is 29.3 Å². The Labute approximate surface area is 176 Å². The molecule has 31 heavy (non-hydrogen) atoms. The monoisotopic (exact) mass is 434 g/mol. The summed E-state index contributed by atoms with van der Waals surface area (Å²) in [5.41, 5.74) is -0.622. The number of aryl methyl sites for hydroxylation is 1. The van der Waals surface area contributed by atoms with Crippen molar-refractivity contribution < 1.29 is 22.8 Å². The van der Waals surface area contributed by atoms with Crippen molar-refractivity contribution >= 4 is 17.5 Å². The fourth-order valence-corrected chi connectivity index (χ4v) is 3.54. The highest BCUT2D eigenvalue weighted by molar-refractivity contribution is 5.87. The van der Waals surface area contributed by atoms with Crippen LogP contribution in [0.25, 0.3) is 0 Å². The van der Waals surface area contributed by atoms with Gasteiger partial charge in [-0.2, -0.15) is 23.5 Å². The zero-order valence-corrected chi connectivity index (χ0v) is 17.0. The third-order valence-corrected chi connectivity index (χ3v) is 5.11. The molecule has 0 aliphatic carbocycles. The van der Waals surface area contributed by atoms with Gasteiger partial charge in [0, 0.05) is 32.0 Å². The van der Waals surface area contributed by atoms with Crippen molar-refractivity contribution in [1.82, 2.24) is 20.0 Å². The number of hydrogen-bond donors (Lipinski definition) is 1. The number of hydrogen-bond acceptors (Lipinski definition) is 5. The number of benzene rings is 1. The Balaban J connectivity index is 1.85. The van der Waals surface area contributed by atoms with Crippen molar-refractivity contribution in [2.75, 3.05) is 31.6 Å². The van der Waals surface area contributed by atoms with Gasteiger partial charge in [0.05, 0.1) is 29.4 Å². The zero-order valence-electron chi connectivity index (χ0n) is 17.0. The average molecular weight is 434 g/mol. The molecule has 0 saturated carbocycles. The summed E-state index contributed by atoms with van der Waals surface area (Å²) in [4.78, 5) is 28.2. The maximum Gasteiger partial charge on any atom is 0.417 e. The van der Waals surface area contributed by atoms with Crippen molar-refractivity contribution in [3.05, 3.63) is 47.3 Å². The summed E-state index contributed by atoms with van der Waals surface area (Å²) in [5.74, 6) is -0.669. The maximum absolute atomic E-state index is 13.4. The van der Waals surface area contributed by atoms with Crippen LogP contribution in [0.15, 0.2) is 30.5 Å². The maximum atomic E-state index is 13.4. The SMILES string of the molecule is CNC(=O)C1CN(C(=O)Cn2ccc(C)n2)CCN1c1ccc(C#N)c(C(F)(F)F)c1. The van der Waals surface area contributed by atoms with Gasteiger partial charge in [-0.1, -0.05) is 0 Å². The molecule has 1 atom stereocenters. The molecule has 1 N–H and O–H groups in total. The van der Waals surface area contributed by atoms with Crippen LogP contribution in [0.1, 0.15) is 16.8 Å². The van der Waals surface area contributed by atoms with Crippen molar-refractivity contribution in [3.63, 3.8) is 0 Å². The molecule has 3 rings (SSSR count). The molecule has 2 aromatic rings. The number of piperazine rings is 1. The van der Waals surface area contributed by atoms with E-state index in [9.17, 15) is 22.8 Å². The number of carbonyl (C=O) groups is 2. The summed E-state index contributed by atoms with van der Waals surface area (Å²) in [7, 11) is 1.42. The summed E-state index contributed by atoms with van der Waals surface area (Å²) in [6, 6.07) is 5.78. The fraction of sp³-hybridized carbons (Fsp3) is 0.400. The van der Waals surface area contributed by atoms with Crippen LogP contribution in [0.2, 0.25) is 0 Å². The van der Waals surface area contributed by atoms with Crippen molar-refractivity contribution in [1.29, 1.82) is 5.26 Å². The first-order valence-electron chi connectivity index (χ1n) is 9.51. The van der Waals surface area contributed by atoms with E-state index in [0.29, 0.717) is 0 Å². The van der Waals surface area contributed by atoms with Gasteiger partial charge in [0.15, 0.2) is 0 Å². The van der Waals surface area contributed by atoms with E-state index in [-0.39, 0.29) is 37.8 Å². The van der Waals surface area contributed by atoms with E-state index in [0.717, 1.165) is 17.8 Å². The summed E-state index contributed by atoms with van der Waals surface area (Å²) < 4.78 is 41.6. The van der Waals surface area contributed by atoms with E-state index in [4.69, 9.17) is 5.26 Å². The number of nitrogens with one attached hydrogen (secondary N) is 1. The molecule has 1 aliphatic heterocycles. The van der Waals surface area contributed by atoms with Crippen LogP contribution in [0.4, 0.5) is 18.9 Å². The van der Waals surface area contributed by atoms with E-state index in [2.05, 4.69) is 10.4 Å².